The van der Waals surface area contributed by atoms with E-state index in [1.807, 2.05) is 0 Å². The summed E-state index contributed by atoms with van der Waals surface area (Å²) in [4.78, 5) is 2.38. The summed E-state index contributed by atoms with van der Waals surface area (Å²) < 4.78 is 30.0. The van der Waals surface area contributed by atoms with Gasteiger partial charge in [0.2, 0.25) is 0 Å². The third-order valence-electron chi connectivity index (χ3n) is 4.07. The highest BCUT2D eigenvalue weighted by atomic mass is 35.5. The predicted octanol–water partition coefficient (Wildman–Crippen LogP) is 4.04. The molecule has 130 valence electrons. The van der Waals surface area contributed by atoms with Gasteiger partial charge in [-0.2, -0.15) is 0 Å². The number of halogens is 2. The number of hydrogen-bond acceptors (Lipinski definition) is 4. The molecule has 0 saturated carbocycles. The van der Waals surface area contributed by atoms with Gasteiger partial charge < -0.3 is 4.74 Å². The summed E-state index contributed by atoms with van der Waals surface area (Å²) in [6.07, 6.45) is 2.78. The van der Waals surface area contributed by atoms with E-state index < -0.39 is 9.84 Å². The summed E-state index contributed by atoms with van der Waals surface area (Å²) in [5.41, 5.74) is 0.131. The fraction of sp³-hybridized carbons (Fsp3) is 0.625. The molecule has 1 aliphatic heterocycles. The van der Waals surface area contributed by atoms with E-state index in [2.05, 4.69) is 25.7 Å². The molecule has 0 amide bonds. The maximum absolute atomic E-state index is 12.0. The second-order valence-corrected chi connectivity index (χ2v) is 9.67. The van der Waals surface area contributed by atoms with Gasteiger partial charge in [0.15, 0.2) is 9.84 Å². The second-order valence-electron chi connectivity index (χ2n) is 6.94. The molecule has 0 bridgehead atoms. The van der Waals surface area contributed by atoms with Gasteiger partial charge in [0.1, 0.15) is 16.7 Å². The van der Waals surface area contributed by atoms with Gasteiger partial charge in [0.05, 0.1) is 10.0 Å². The van der Waals surface area contributed by atoms with Crippen molar-refractivity contribution in [3.63, 3.8) is 0 Å². The van der Waals surface area contributed by atoms with Crippen LogP contribution in [0.25, 0.3) is 0 Å². The van der Waals surface area contributed by atoms with Gasteiger partial charge in [-0.25, -0.2) is 8.42 Å². The Morgan fingerprint density at radius 1 is 1.17 bits per heavy atom. The standard InChI is InChI=1S/C16H23Cl2NO3S/c1-16(2,3)19-9-7-11(8-10-19)22-13-6-5-12(17)14(18)15(13)23(4,20)21/h5-6,11H,7-10H2,1-4H3. The van der Waals surface area contributed by atoms with Crippen LogP contribution in [-0.2, 0) is 9.84 Å². The summed E-state index contributed by atoms with van der Waals surface area (Å²) in [6, 6.07) is 3.15. The number of rotatable bonds is 3. The first-order valence-corrected chi connectivity index (χ1v) is 10.2. The van der Waals surface area contributed by atoms with Gasteiger partial charge in [-0.1, -0.05) is 23.2 Å². The van der Waals surface area contributed by atoms with E-state index in [-0.39, 0.29) is 32.3 Å². The van der Waals surface area contributed by atoms with Crippen molar-refractivity contribution < 1.29 is 13.2 Å². The van der Waals surface area contributed by atoms with Crippen molar-refractivity contribution in [2.24, 2.45) is 0 Å². The minimum absolute atomic E-state index is 0.0219. The topological polar surface area (TPSA) is 46.6 Å². The molecule has 1 aliphatic rings. The maximum Gasteiger partial charge on any atom is 0.180 e. The monoisotopic (exact) mass is 379 g/mol. The minimum Gasteiger partial charge on any atom is -0.489 e. The Bertz CT molecular complexity index is 675. The lowest BCUT2D eigenvalue weighted by Gasteiger charge is -2.40. The summed E-state index contributed by atoms with van der Waals surface area (Å²) in [7, 11) is -3.52. The first-order chi connectivity index (χ1) is 10.5. The smallest absolute Gasteiger partial charge is 0.180 e. The molecule has 1 heterocycles. The molecule has 1 aromatic carbocycles. The molecular formula is C16H23Cl2NO3S. The molecule has 0 aliphatic carbocycles. The zero-order valence-electron chi connectivity index (χ0n) is 13.9. The number of ether oxygens (including phenoxy) is 1. The molecule has 0 aromatic heterocycles. The Labute approximate surface area is 148 Å². The van der Waals surface area contributed by atoms with Crippen molar-refractivity contribution in [1.82, 2.24) is 4.90 Å². The highest BCUT2D eigenvalue weighted by molar-refractivity contribution is 7.91. The van der Waals surface area contributed by atoms with Gasteiger partial charge in [-0.3, -0.25) is 4.90 Å². The van der Waals surface area contributed by atoms with Crippen LogP contribution in [-0.4, -0.2) is 44.3 Å². The summed E-state index contributed by atoms with van der Waals surface area (Å²) in [5.74, 6) is 0.288. The van der Waals surface area contributed by atoms with Crippen LogP contribution in [0.3, 0.4) is 0 Å². The van der Waals surface area contributed by atoms with Crippen molar-refractivity contribution in [2.45, 2.75) is 50.2 Å². The van der Waals surface area contributed by atoms with Crippen LogP contribution in [0, 0.1) is 0 Å². The van der Waals surface area contributed by atoms with E-state index in [1.54, 1.807) is 12.1 Å². The third-order valence-corrected chi connectivity index (χ3v) is 6.13. The molecule has 2 rings (SSSR count). The van der Waals surface area contributed by atoms with E-state index in [0.717, 1.165) is 32.2 Å². The molecule has 0 N–H and O–H groups in total. The van der Waals surface area contributed by atoms with Crippen LogP contribution >= 0.6 is 23.2 Å². The lowest BCUT2D eigenvalue weighted by molar-refractivity contribution is 0.0479. The number of sulfone groups is 1. The SMILES string of the molecule is CC(C)(C)N1CCC(Oc2ccc(Cl)c(Cl)c2S(C)(=O)=O)CC1. The van der Waals surface area contributed by atoms with Crippen LogP contribution < -0.4 is 4.74 Å². The molecule has 7 heteroatoms. The normalized spacial score (nSPS) is 18.2. The van der Waals surface area contributed by atoms with Crippen LogP contribution in [0.15, 0.2) is 17.0 Å². The van der Waals surface area contributed by atoms with Crippen molar-refractivity contribution in [2.75, 3.05) is 19.3 Å². The van der Waals surface area contributed by atoms with Gasteiger partial charge in [0.25, 0.3) is 0 Å². The molecule has 4 nitrogen and oxygen atoms in total. The number of benzene rings is 1. The number of nitrogens with zero attached hydrogens (tertiary/aromatic N) is 1. The fourth-order valence-corrected chi connectivity index (χ4v) is 4.48. The Morgan fingerprint density at radius 2 is 1.74 bits per heavy atom. The van der Waals surface area contributed by atoms with Crippen molar-refractivity contribution in [3.05, 3.63) is 22.2 Å². The van der Waals surface area contributed by atoms with Crippen LogP contribution in [0.2, 0.25) is 10.0 Å². The van der Waals surface area contributed by atoms with Gasteiger partial charge in [-0.05, 0) is 45.7 Å². The van der Waals surface area contributed by atoms with E-state index in [1.165, 1.54) is 0 Å². The minimum atomic E-state index is -3.52. The van der Waals surface area contributed by atoms with E-state index in [9.17, 15) is 8.42 Å². The van der Waals surface area contributed by atoms with Crippen molar-refractivity contribution in [1.29, 1.82) is 0 Å². The zero-order chi connectivity index (χ0) is 17.4. The average Bonchev–Trinajstić information content (AvgIpc) is 2.41. The quantitative estimate of drug-likeness (QED) is 0.794. The molecule has 1 fully saturated rings. The molecule has 0 atom stereocenters. The third kappa shape index (κ3) is 4.53. The summed E-state index contributed by atoms with van der Waals surface area (Å²) >= 11 is 12.0. The van der Waals surface area contributed by atoms with E-state index >= 15 is 0 Å². The first-order valence-electron chi connectivity index (χ1n) is 7.60. The Morgan fingerprint density at radius 3 is 2.22 bits per heavy atom. The number of hydrogen-bond donors (Lipinski definition) is 0. The predicted molar refractivity (Wildman–Crippen MR) is 94.5 cm³/mol. The first kappa shape index (κ1) is 18.8. The Hall–Kier alpha value is -0.490. The average molecular weight is 380 g/mol. The largest absolute Gasteiger partial charge is 0.489 e. The Kier molecular flexibility index (Phi) is 5.56. The molecule has 23 heavy (non-hydrogen) atoms. The van der Waals surface area contributed by atoms with Crippen molar-refractivity contribution in [3.8, 4) is 5.75 Å². The lowest BCUT2D eigenvalue weighted by Crippen LogP contribution is -2.48. The molecule has 0 spiro atoms. The zero-order valence-corrected chi connectivity index (χ0v) is 16.2. The van der Waals surface area contributed by atoms with Gasteiger partial charge >= 0.3 is 0 Å². The molecule has 1 aromatic rings. The summed E-state index contributed by atoms with van der Waals surface area (Å²) in [6.45, 7) is 8.41. The van der Waals surface area contributed by atoms with Crippen LogP contribution in [0.4, 0.5) is 0 Å². The lowest BCUT2D eigenvalue weighted by atomic mass is 9.99. The maximum atomic E-state index is 12.0. The van der Waals surface area contributed by atoms with Crippen LogP contribution in [0.1, 0.15) is 33.6 Å². The van der Waals surface area contributed by atoms with Gasteiger partial charge in [-0.15, -0.1) is 0 Å². The Balaban J connectivity index is 2.18. The highest BCUT2D eigenvalue weighted by Gasteiger charge is 2.29. The number of likely N-dealkylation sites (tertiary alicyclic amines) is 1. The fourth-order valence-electron chi connectivity index (χ4n) is 2.78. The molecular weight excluding hydrogens is 357 g/mol. The van der Waals surface area contributed by atoms with E-state index in [0.29, 0.717) is 0 Å². The molecule has 1 saturated heterocycles. The van der Waals surface area contributed by atoms with E-state index in [4.69, 9.17) is 27.9 Å². The second kappa shape index (κ2) is 6.79. The van der Waals surface area contributed by atoms with Gasteiger partial charge in [0, 0.05) is 24.9 Å². The molecule has 0 radical (unpaired) electrons. The molecule has 0 unspecified atom stereocenters. The highest BCUT2D eigenvalue weighted by Crippen LogP contribution is 2.37. The summed E-state index contributed by atoms with van der Waals surface area (Å²) in [5, 5.41) is 0.237. The van der Waals surface area contributed by atoms with Crippen molar-refractivity contribution >= 4 is 33.0 Å². The van der Waals surface area contributed by atoms with Crippen LogP contribution in [0.5, 0.6) is 5.75 Å². The number of piperidine rings is 1.